The maximum atomic E-state index is 12.0. The Labute approximate surface area is 121 Å². The van der Waals surface area contributed by atoms with Crippen LogP contribution < -0.4 is 0 Å². The molecule has 114 valence electrons. The van der Waals surface area contributed by atoms with Crippen LogP contribution in [0.2, 0.25) is 0 Å². The summed E-state index contributed by atoms with van der Waals surface area (Å²) in [7, 11) is 0. The molecule has 5 heteroatoms. The summed E-state index contributed by atoms with van der Waals surface area (Å²) >= 11 is 0. The first kappa shape index (κ1) is 18.4. The highest BCUT2D eigenvalue weighted by molar-refractivity contribution is 5.95. The summed E-state index contributed by atoms with van der Waals surface area (Å²) in [6.07, 6.45) is 1.80. The molecule has 0 spiro atoms. The topological polar surface area (TPSA) is 76.4 Å². The van der Waals surface area contributed by atoms with Gasteiger partial charge in [0.15, 0.2) is 5.92 Å². The Morgan fingerprint density at radius 3 is 1.80 bits per heavy atom. The first-order chi connectivity index (χ1) is 9.47. The molecule has 1 unspecified atom stereocenters. The molecule has 5 nitrogen and oxygen atoms in total. The van der Waals surface area contributed by atoms with Crippen molar-refractivity contribution in [3.05, 3.63) is 0 Å². The molecule has 0 saturated heterocycles. The van der Waals surface area contributed by atoms with E-state index in [9.17, 15) is 14.9 Å². The average molecular weight is 283 g/mol. The largest absolute Gasteiger partial charge is 0.465 e. The highest BCUT2D eigenvalue weighted by Crippen LogP contribution is 2.23. The maximum absolute atomic E-state index is 12.0. The highest BCUT2D eigenvalue weighted by Gasteiger charge is 2.38. The van der Waals surface area contributed by atoms with Gasteiger partial charge < -0.3 is 9.47 Å². The third-order valence-electron chi connectivity index (χ3n) is 2.70. The molecule has 0 saturated carbocycles. The lowest BCUT2D eigenvalue weighted by molar-refractivity contribution is -0.164. The van der Waals surface area contributed by atoms with E-state index in [-0.39, 0.29) is 19.1 Å². The number of hydrogen-bond acceptors (Lipinski definition) is 5. The normalized spacial score (nSPS) is 12.1. The Kier molecular flexibility index (Phi) is 9.44. The van der Waals surface area contributed by atoms with Gasteiger partial charge in [-0.1, -0.05) is 27.7 Å². The van der Waals surface area contributed by atoms with Gasteiger partial charge in [-0.25, -0.2) is 0 Å². The van der Waals surface area contributed by atoms with Crippen LogP contribution in [0.4, 0.5) is 0 Å². The van der Waals surface area contributed by atoms with Gasteiger partial charge in [-0.2, -0.15) is 5.26 Å². The smallest absolute Gasteiger partial charge is 0.321 e. The fourth-order valence-electron chi connectivity index (χ4n) is 1.78. The lowest BCUT2D eigenvalue weighted by atomic mass is 9.86. The van der Waals surface area contributed by atoms with E-state index in [1.807, 2.05) is 33.8 Å². The number of ether oxygens (including phenoxy) is 2. The second-order valence-electron chi connectivity index (χ2n) is 5.18. The molecular formula is C15H25NO4. The predicted octanol–water partition coefficient (Wildman–Crippen LogP) is 2.69. The van der Waals surface area contributed by atoms with E-state index < -0.39 is 23.8 Å². The van der Waals surface area contributed by atoms with E-state index in [1.165, 1.54) is 0 Å². The van der Waals surface area contributed by atoms with Crippen LogP contribution in [-0.4, -0.2) is 25.2 Å². The Bertz CT molecular complexity index is 326. The van der Waals surface area contributed by atoms with Gasteiger partial charge in [0.1, 0.15) is 0 Å². The minimum Gasteiger partial charge on any atom is -0.465 e. The number of carbonyl (C=O) groups excluding carboxylic acids is 2. The Morgan fingerprint density at radius 1 is 1.05 bits per heavy atom. The number of nitriles is 1. The van der Waals surface area contributed by atoms with E-state index in [1.54, 1.807) is 0 Å². The van der Waals surface area contributed by atoms with Crippen molar-refractivity contribution < 1.29 is 19.1 Å². The second kappa shape index (κ2) is 10.2. The molecule has 0 radical (unpaired) electrons. The van der Waals surface area contributed by atoms with Crippen LogP contribution in [0.1, 0.15) is 47.0 Å². The molecular weight excluding hydrogens is 258 g/mol. The molecule has 0 fully saturated rings. The van der Waals surface area contributed by atoms with Crippen LogP contribution in [0.15, 0.2) is 0 Å². The Morgan fingerprint density at radius 2 is 1.50 bits per heavy atom. The highest BCUT2D eigenvalue weighted by atomic mass is 16.6. The molecule has 0 aliphatic rings. The van der Waals surface area contributed by atoms with Gasteiger partial charge in [0.05, 0.1) is 25.2 Å². The summed E-state index contributed by atoms with van der Waals surface area (Å²) in [5.41, 5.74) is 0. The molecule has 0 bridgehead atoms. The number of carbonyl (C=O) groups is 2. The molecule has 0 aromatic rings. The first-order valence-corrected chi connectivity index (χ1v) is 7.20. The van der Waals surface area contributed by atoms with Crippen LogP contribution in [0.3, 0.4) is 0 Å². The minimum absolute atomic E-state index is 0.208. The summed E-state index contributed by atoms with van der Waals surface area (Å²) in [5.74, 6) is -2.94. The molecule has 0 N–H and O–H groups in total. The van der Waals surface area contributed by atoms with E-state index in [2.05, 4.69) is 0 Å². The third kappa shape index (κ3) is 6.55. The molecule has 0 aliphatic carbocycles. The van der Waals surface area contributed by atoms with Crippen molar-refractivity contribution in [2.24, 2.45) is 17.8 Å². The van der Waals surface area contributed by atoms with Crippen molar-refractivity contribution in [1.82, 2.24) is 0 Å². The molecule has 1 atom stereocenters. The van der Waals surface area contributed by atoms with E-state index in [0.717, 1.165) is 0 Å². The number of hydrogen-bond donors (Lipinski definition) is 0. The average Bonchev–Trinajstić information content (AvgIpc) is 2.41. The van der Waals surface area contributed by atoms with E-state index in [0.29, 0.717) is 19.3 Å². The molecule has 20 heavy (non-hydrogen) atoms. The standard InChI is InChI=1S/C15H25NO4/c1-5-7-19-14(17)13(15(18)20-8-6-2)12(10-16)9-11(3)4/h11-13H,5-9H2,1-4H3. The van der Waals surface area contributed by atoms with Crippen molar-refractivity contribution in [3.63, 3.8) is 0 Å². The van der Waals surface area contributed by atoms with Crippen molar-refractivity contribution in [1.29, 1.82) is 5.26 Å². The summed E-state index contributed by atoms with van der Waals surface area (Å²) < 4.78 is 10.1. The van der Waals surface area contributed by atoms with Gasteiger partial charge in [0.25, 0.3) is 0 Å². The van der Waals surface area contributed by atoms with Gasteiger partial charge in [0.2, 0.25) is 0 Å². The summed E-state index contributed by atoms with van der Waals surface area (Å²) in [5, 5.41) is 9.23. The molecule has 0 heterocycles. The van der Waals surface area contributed by atoms with Gasteiger partial charge in [-0.15, -0.1) is 0 Å². The lowest BCUT2D eigenvalue weighted by Gasteiger charge is -2.20. The number of esters is 2. The van der Waals surface area contributed by atoms with Crippen LogP contribution in [0.25, 0.3) is 0 Å². The number of nitrogens with zero attached hydrogens (tertiary/aromatic N) is 1. The van der Waals surface area contributed by atoms with E-state index in [4.69, 9.17) is 9.47 Å². The van der Waals surface area contributed by atoms with Gasteiger partial charge >= 0.3 is 11.9 Å². The Balaban J connectivity index is 4.97. The summed E-state index contributed by atoms with van der Waals surface area (Å²) in [6, 6.07) is 2.05. The summed E-state index contributed by atoms with van der Waals surface area (Å²) in [4.78, 5) is 24.0. The van der Waals surface area contributed by atoms with Crippen molar-refractivity contribution in [2.75, 3.05) is 13.2 Å². The maximum Gasteiger partial charge on any atom is 0.321 e. The minimum atomic E-state index is -1.14. The Hall–Kier alpha value is -1.57. The quantitative estimate of drug-likeness (QED) is 0.480. The third-order valence-corrected chi connectivity index (χ3v) is 2.70. The predicted molar refractivity (Wildman–Crippen MR) is 74.5 cm³/mol. The van der Waals surface area contributed by atoms with Crippen LogP contribution in [0.5, 0.6) is 0 Å². The SMILES string of the molecule is CCCOC(=O)C(C(=O)OCCC)C(C#N)CC(C)C. The number of rotatable bonds is 9. The zero-order valence-electron chi connectivity index (χ0n) is 12.8. The lowest BCUT2D eigenvalue weighted by Crippen LogP contribution is -2.35. The monoisotopic (exact) mass is 283 g/mol. The van der Waals surface area contributed by atoms with Gasteiger partial charge in [-0.05, 0) is 25.2 Å². The fourth-order valence-corrected chi connectivity index (χ4v) is 1.78. The van der Waals surface area contributed by atoms with Crippen molar-refractivity contribution in [3.8, 4) is 6.07 Å². The summed E-state index contributed by atoms with van der Waals surface area (Å²) in [6.45, 7) is 8.11. The van der Waals surface area contributed by atoms with Crippen molar-refractivity contribution in [2.45, 2.75) is 47.0 Å². The van der Waals surface area contributed by atoms with Crippen LogP contribution in [-0.2, 0) is 19.1 Å². The molecule has 0 aliphatic heterocycles. The fraction of sp³-hybridized carbons (Fsp3) is 0.800. The van der Waals surface area contributed by atoms with Crippen molar-refractivity contribution >= 4 is 11.9 Å². The van der Waals surface area contributed by atoms with Gasteiger partial charge in [0, 0.05) is 0 Å². The zero-order chi connectivity index (χ0) is 15.5. The molecule has 0 aromatic heterocycles. The molecule has 0 aromatic carbocycles. The van der Waals surface area contributed by atoms with Crippen LogP contribution >= 0.6 is 0 Å². The van der Waals surface area contributed by atoms with Gasteiger partial charge in [-0.3, -0.25) is 9.59 Å². The zero-order valence-corrected chi connectivity index (χ0v) is 12.8. The van der Waals surface area contributed by atoms with Crippen LogP contribution in [0, 0.1) is 29.1 Å². The molecule has 0 amide bonds. The second-order valence-corrected chi connectivity index (χ2v) is 5.18. The van der Waals surface area contributed by atoms with E-state index >= 15 is 0 Å². The molecule has 0 rings (SSSR count). The first-order valence-electron chi connectivity index (χ1n) is 7.20.